The van der Waals surface area contributed by atoms with Crippen LogP contribution in [0.25, 0.3) is 22.5 Å². The highest BCUT2D eigenvalue weighted by Gasteiger charge is 2.24. The molecule has 0 radical (unpaired) electrons. The Hall–Kier alpha value is -2.60. The Labute approximate surface area is 148 Å². The molecule has 1 unspecified atom stereocenters. The number of nitrogens with one attached hydrogen (secondary N) is 1. The lowest BCUT2D eigenvalue weighted by atomic mass is 9.99. The average Bonchev–Trinajstić information content (AvgIpc) is 2.98. The number of benzene rings is 1. The minimum absolute atomic E-state index is 0.0565. The Balaban J connectivity index is 1.73. The van der Waals surface area contributed by atoms with Crippen LogP contribution >= 0.6 is 11.6 Å². The molecule has 2 N–H and O–H groups in total. The fourth-order valence-electron chi connectivity index (χ4n) is 3.15. The van der Waals surface area contributed by atoms with Crippen LogP contribution in [0.4, 0.5) is 0 Å². The van der Waals surface area contributed by atoms with Gasteiger partial charge in [0.05, 0.1) is 11.6 Å². The summed E-state index contributed by atoms with van der Waals surface area (Å²) in [6, 6.07) is 6.86. The third-order valence-electron chi connectivity index (χ3n) is 4.42. The average molecular weight is 358 g/mol. The van der Waals surface area contributed by atoms with Gasteiger partial charge in [0.1, 0.15) is 5.75 Å². The number of aryl methyl sites for hydroxylation is 1. The van der Waals surface area contributed by atoms with Gasteiger partial charge in [0, 0.05) is 23.6 Å². The van der Waals surface area contributed by atoms with Crippen LogP contribution < -0.4 is 5.32 Å². The second kappa shape index (κ2) is 6.04. The Morgan fingerprint density at radius 2 is 2.16 bits per heavy atom. The molecule has 0 saturated carbocycles. The maximum atomic E-state index is 11.3. The van der Waals surface area contributed by atoms with Gasteiger partial charge in [0.15, 0.2) is 11.2 Å². The van der Waals surface area contributed by atoms with Crippen LogP contribution in [-0.4, -0.2) is 27.5 Å². The van der Waals surface area contributed by atoms with E-state index in [2.05, 4.69) is 15.3 Å². The first-order valence-electron chi connectivity index (χ1n) is 8.05. The van der Waals surface area contributed by atoms with E-state index in [1.54, 1.807) is 18.2 Å². The van der Waals surface area contributed by atoms with Gasteiger partial charge in [-0.1, -0.05) is 11.6 Å². The highest BCUT2D eigenvalue weighted by atomic mass is 35.5. The number of hydrogen-bond donors (Lipinski definition) is 2. The second-order valence-corrected chi connectivity index (χ2v) is 6.66. The topological polar surface area (TPSA) is 88.3 Å². The summed E-state index contributed by atoms with van der Waals surface area (Å²) < 4.78 is 5.80. The van der Waals surface area contributed by atoms with Gasteiger partial charge in [-0.2, -0.15) is 4.98 Å². The summed E-state index contributed by atoms with van der Waals surface area (Å²) in [6.45, 7) is 2.39. The predicted molar refractivity (Wildman–Crippen MR) is 93.6 cm³/mol. The predicted octanol–water partition coefficient (Wildman–Crippen LogP) is 3.55. The van der Waals surface area contributed by atoms with Crippen molar-refractivity contribution < 1.29 is 14.3 Å². The minimum atomic E-state index is 0.0565. The summed E-state index contributed by atoms with van der Waals surface area (Å²) in [6.07, 6.45) is 1.18. The lowest BCUT2D eigenvalue weighted by Crippen LogP contribution is -2.33. The Morgan fingerprint density at radius 1 is 1.32 bits per heavy atom. The van der Waals surface area contributed by atoms with E-state index < -0.39 is 0 Å². The zero-order valence-corrected chi connectivity index (χ0v) is 14.3. The standard InChI is InChI=1S/C18H16ClN3O3/c1-9-6-11(19)7-13(23)16(9)12-3-4-14-17(21-12)22-18(25-14)10-2-5-15(24)20-8-10/h3-4,6-7,10,23H,2,5,8H2,1H3,(H,20,24). The number of hydrogen-bond acceptors (Lipinski definition) is 5. The Morgan fingerprint density at radius 3 is 2.88 bits per heavy atom. The van der Waals surface area contributed by atoms with E-state index in [1.807, 2.05) is 6.92 Å². The van der Waals surface area contributed by atoms with Gasteiger partial charge < -0.3 is 14.8 Å². The molecule has 7 heteroatoms. The molecule has 1 atom stereocenters. The number of phenols is 1. The van der Waals surface area contributed by atoms with Crippen molar-refractivity contribution in [1.82, 2.24) is 15.3 Å². The molecule has 6 nitrogen and oxygen atoms in total. The molecule has 1 aliphatic heterocycles. The molecule has 1 aromatic carbocycles. The van der Waals surface area contributed by atoms with Gasteiger partial charge in [-0.05, 0) is 43.2 Å². The van der Waals surface area contributed by atoms with Crippen molar-refractivity contribution in [3.8, 4) is 17.0 Å². The van der Waals surface area contributed by atoms with Crippen molar-refractivity contribution in [3.05, 3.63) is 40.7 Å². The molecule has 3 heterocycles. The monoisotopic (exact) mass is 357 g/mol. The maximum absolute atomic E-state index is 11.3. The molecule has 1 fully saturated rings. The summed E-state index contributed by atoms with van der Waals surface area (Å²) in [4.78, 5) is 20.3. The van der Waals surface area contributed by atoms with Crippen molar-refractivity contribution in [3.63, 3.8) is 0 Å². The lowest BCUT2D eigenvalue weighted by Gasteiger charge is -2.18. The van der Waals surface area contributed by atoms with Crippen molar-refractivity contribution in [2.75, 3.05) is 6.54 Å². The van der Waals surface area contributed by atoms with Crippen molar-refractivity contribution in [2.45, 2.75) is 25.7 Å². The van der Waals surface area contributed by atoms with Gasteiger partial charge in [-0.25, -0.2) is 4.98 Å². The number of piperidine rings is 1. The number of halogens is 1. The molecule has 0 spiro atoms. The number of oxazole rings is 1. The van der Waals surface area contributed by atoms with Crippen LogP contribution in [0.15, 0.2) is 28.7 Å². The third kappa shape index (κ3) is 2.93. The van der Waals surface area contributed by atoms with E-state index in [0.717, 1.165) is 5.56 Å². The summed E-state index contributed by atoms with van der Waals surface area (Å²) in [5, 5.41) is 13.5. The van der Waals surface area contributed by atoms with Crippen LogP contribution in [0.2, 0.25) is 5.02 Å². The van der Waals surface area contributed by atoms with E-state index in [1.165, 1.54) is 6.07 Å². The first-order valence-corrected chi connectivity index (χ1v) is 8.43. The van der Waals surface area contributed by atoms with Crippen molar-refractivity contribution in [1.29, 1.82) is 0 Å². The highest BCUT2D eigenvalue weighted by molar-refractivity contribution is 6.31. The zero-order valence-electron chi connectivity index (χ0n) is 13.5. The minimum Gasteiger partial charge on any atom is -0.507 e. The molecule has 0 bridgehead atoms. The quantitative estimate of drug-likeness (QED) is 0.732. The van der Waals surface area contributed by atoms with Gasteiger partial charge in [0.2, 0.25) is 11.8 Å². The molecule has 128 valence electrons. The number of aromatic hydroxyl groups is 1. The molecule has 0 aliphatic carbocycles. The second-order valence-electron chi connectivity index (χ2n) is 6.23. The van der Waals surface area contributed by atoms with Crippen LogP contribution in [0.5, 0.6) is 5.75 Å². The molecule has 2 aromatic heterocycles. The molecule has 25 heavy (non-hydrogen) atoms. The molecule has 1 saturated heterocycles. The number of amides is 1. The Bertz CT molecular complexity index is 950. The van der Waals surface area contributed by atoms with Crippen molar-refractivity contribution >= 4 is 28.7 Å². The summed E-state index contributed by atoms with van der Waals surface area (Å²) in [5.41, 5.74) is 3.13. The van der Waals surface area contributed by atoms with Gasteiger partial charge >= 0.3 is 0 Å². The Kier molecular flexibility index (Phi) is 3.84. The first kappa shape index (κ1) is 15.9. The van der Waals surface area contributed by atoms with E-state index >= 15 is 0 Å². The molecule has 1 aliphatic rings. The number of nitrogens with zero attached hydrogens (tertiary/aromatic N) is 2. The molecule has 3 aromatic rings. The van der Waals surface area contributed by atoms with E-state index in [-0.39, 0.29) is 17.6 Å². The number of pyridine rings is 1. The van der Waals surface area contributed by atoms with Crippen molar-refractivity contribution in [2.24, 2.45) is 0 Å². The zero-order chi connectivity index (χ0) is 17.6. The van der Waals surface area contributed by atoms with Crippen LogP contribution in [0.3, 0.4) is 0 Å². The SMILES string of the molecule is Cc1cc(Cl)cc(O)c1-c1ccc2oc(C3CCC(=O)NC3)nc2n1. The summed E-state index contributed by atoms with van der Waals surface area (Å²) >= 11 is 5.97. The molecule has 1 amide bonds. The van der Waals surface area contributed by atoms with Crippen LogP contribution in [-0.2, 0) is 4.79 Å². The normalized spacial score (nSPS) is 17.7. The number of rotatable bonds is 2. The molecular weight excluding hydrogens is 342 g/mol. The van der Waals surface area contributed by atoms with E-state index in [0.29, 0.717) is 52.8 Å². The number of phenolic OH excluding ortho intramolecular Hbond substituents is 1. The fourth-order valence-corrected chi connectivity index (χ4v) is 3.42. The number of aromatic nitrogens is 2. The summed E-state index contributed by atoms with van der Waals surface area (Å²) in [5.74, 6) is 0.773. The van der Waals surface area contributed by atoms with Crippen LogP contribution in [0, 0.1) is 6.92 Å². The van der Waals surface area contributed by atoms with Gasteiger partial charge in [0.25, 0.3) is 0 Å². The largest absolute Gasteiger partial charge is 0.507 e. The van der Waals surface area contributed by atoms with E-state index in [9.17, 15) is 9.90 Å². The lowest BCUT2D eigenvalue weighted by molar-refractivity contribution is -0.122. The summed E-state index contributed by atoms with van der Waals surface area (Å²) in [7, 11) is 0. The van der Waals surface area contributed by atoms with Gasteiger partial charge in [-0.15, -0.1) is 0 Å². The number of carbonyl (C=O) groups is 1. The molecular formula is C18H16ClN3O3. The van der Waals surface area contributed by atoms with Crippen LogP contribution in [0.1, 0.15) is 30.2 Å². The maximum Gasteiger partial charge on any atom is 0.220 e. The smallest absolute Gasteiger partial charge is 0.220 e. The highest BCUT2D eigenvalue weighted by Crippen LogP contribution is 2.35. The first-order chi connectivity index (χ1) is 12.0. The number of carbonyl (C=O) groups excluding carboxylic acids is 1. The fraction of sp³-hybridized carbons (Fsp3) is 0.278. The molecule has 4 rings (SSSR count). The van der Waals surface area contributed by atoms with E-state index in [4.69, 9.17) is 16.0 Å². The number of fused-ring (bicyclic) bond motifs is 1. The third-order valence-corrected chi connectivity index (χ3v) is 4.64. The van der Waals surface area contributed by atoms with Gasteiger partial charge in [-0.3, -0.25) is 4.79 Å².